The Bertz CT molecular complexity index is 282. The summed E-state index contributed by atoms with van der Waals surface area (Å²) in [4.78, 5) is 0. The smallest absolute Gasteiger partial charge is 0.0839 e. The van der Waals surface area contributed by atoms with Crippen LogP contribution in [0.5, 0.6) is 0 Å². The van der Waals surface area contributed by atoms with Gasteiger partial charge in [-0.3, -0.25) is 0 Å². The van der Waals surface area contributed by atoms with Crippen molar-refractivity contribution in [1.82, 2.24) is 0 Å². The highest BCUT2D eigenvalue weighted by Crippen LogP contribution is 2.24. The van der Waals surface area contributed by atoms with E-state index < -0.39 is 0 Å². The maximum Gasteiger partial charge on any atom is 0.0839 e. The molecule has 0 aromatic heterocycles. The van der Waals surface area contributed by atoms with Gasteiger partial charge in [0, 0.05) is 10.9 Å². The van der Waals surface area contributed by atoms with Crippen LogP contribution in [0, 0.1) is 0 Å². The van der Waals surface area contributed by atoms with Crippen molar-refractivity contribution in [2.24, 2.45) is 0 Å². The van der Waals surface area contributed by atoms with Crippen molar-refractivity contribution in [3.05, 3.63) is 34.9 Å². The molecule has 84 valence electrons. The van der Waals surface area contributed by atoms with Gasteiger partial charge in [0.1, 0.15) is 0 Å². The number of alkyl halides is 1. The first kappa shape index (κ1) is 12.8. The van der Waals surface area contributed by atoms with Gasteiger partial charge < -0.3 is 4.74 Å². The van der Waals surface area contributed by atoms with Crippen LogP contribution in [0.25, 0.3) is 0 Å². The SMILES string of the molecule is CC(C)O[C@H](CCCl)c1ccc(Cl)cc1. The fourth-order valence-corrected chi connectivity index (χ4v) is 1.74. The van der Waals surface area contributed by atoms with Gasteiger partial charge >= 0.3 is 0 Å². The zero-order valence-electron chi connectivity index (χ0n) is 9.04. The number of benzene rings is 1. The average molecular weight is 247 g/mol. The standard InChI is InChI=1S/C12H16Cl2O/c1-9(2)15-12(7-8-13)10-3-5-11(14)6-4-10/h3-6,9,12H,7-8H2,1-2H3/t12-/m1/s1. The molecule has 1 aromatic carbocycles. The van der Waals surface area contributed by atoms with Crippen molar-refractivity contribution in [2.75, 3.05) is 5.88 Å². The number of ether oxygens (including phenoxy) is 1. The second-order valence-electron chi connectivity index (χ2n) is 3.70. The van der Waals surface area contributed by atoms with Crippen molar-refractivity contribution < 1.29 is 4.74 Å². The molecule has 0 heterocycles. The molecule has 0 aliphatic heterocycles. The molecule has 3 heteroatoms. The van der Waals surface area contributed by atoms with E-state index >= 15 is 0 Å². The first-order valence-electron chi connectivity index (χ1n) is 5.10. The minimum Gasteiger partial charge on any atom is -0.371 e. The molecule has 1 nitrogen and oxygen atoms in total. The summed E-state index contributed by atoms with van der Waals surface area (Å²) in [5.74, 6) is 0.597. The maximum absolute atomic E-state index is 5.83. The summed E-state index contributed by atoms with van der Waals surface area (Å²) in [6, 6.07) is 7.73. The Kier molecular flexibility index (Phi) is 5.44. The summed E-state index contributed by atoms with van der Waals surface area (Å²) >= 11 is 11.6. The number of rotatable bonds is 5. The van der Waals surface area contributed by atoms with Crippen molar-refractivity contribution in [3.63, 3.8) is 0 Å². The second-order valence-corrected chi connectivity index (χ2v) is 4.52. The molecule has 1 aromatic rings. The molecule has 0 aliphatic carbocycles. The second kappa shape index (κ2) is 6.37. The molecular formula is C12H16Cl2O. The Balaban J connectivity index is 2.74. The predicted molar refractivity (Wildman–Crippen MR) is 65.8 cm³/mol. The molecule has 0 saturated carbocycles. The minimum atomic E-state index is 0.0692. The van der Waals surface area contributed by atoms with Crippen LogP contribution in [-0.2, 0) is 4.74 Å². The summed E-state index contributed by atoms with van der Waals surface area (Å²) in [7, 11) is 0. The maximum atomic E-state index is 5.83. The van der Waals surface area contributed by atoms with Crippen LogP contribution in [0.1, 0.15) is 31.9 Å². The predicted octanol–water partition coefficient (Wildman–Crippen LogP) is 4.44. The molecule has 0 amide bonds. The Hall–Kier alpha value is -0.240. The molecule has 15 heavy (non-hydrogen) atoms. The molecule has 0 spiro atoms. The lowest BCUT2D eigenvalue weighted by atomic mass is 10.1. The van der Waals surface area contributed by atoms with Gasteiger partial charge in [0.15, 0.2) is 0 Å². The molecule has 0 bridgehead atoms. The van der Waals surface area contributed by atoms with E-state index in [0.29, 0.717) is 5.88 Å². The number of hydrogen-bond donors (Lipinski definition) is 0. The minimum absolute atomic E-state index is 0.0692. The van der Waals surface area contributed by atoms with Gasteiger partial charge in [-0.25, -0.2) is 0 Å². The highest BCUT2D eigenvalue weighted by Gasteiger charge is 2.12. The highest BCUT2D eigenvalue weighted by atomic mass is 35.5. The van der Waals surface area contributed by atoms with Gasteiger partial charge in [0.25, 0.3) is 0 Å². The van der Waals surface area contributed by atoms with Crippen LogP contribution in [0.15, 0.2) is 24.3 Å². The third-order valence-corrected chi connectivity index (χ3v) is 2.52. The fraction of sp³-hybridized carbons (Fsp3) is 0.500. The van der Waals surface area contributed by atoms with E-state index in [4.69, 9.17) is 27.9 Å². The first-order valence-corrected chi connectivity index (χ1v) is 6.01. The Labute approximate surface area is 101 Å². The van der Waals surface area contributed by atoms with Crippen molar-refractivity contribution in [3.8, 4) is 0 Å². The van der Waals surface area contributed by atoms with Gasteiger partial charge in [-0.2, -0.15) is 0 Å². The summed E-state index contributed by atoms with van der Waals surface area (Å²) < 4.78 is 5.79. The third-order valence-electron chi connectivity index (χ3n) is 2.05. The van der Waals surface area contributed by atoms with Crippen LogP contribution in [0.2, 0.25) is 5.02 Å². The van der Waals surface area contributed by atoms with Crippen molar-refractivity contribution in [2.45, 2.75) is 32.5 Å². The summed E-state index contributed by atoms with van der Waals surface area (Å²) in [6.07, 6.45) is 1.09. The molecule has 0 fully saturated rings. The Morgan fingerprint density at radius 3 is 2.27 bits per heavy atom. The molecule has 1 rings (SSSR count). The van der Waals surface area contributed by atoms with Gasteiger partial charge in [0.05, 0.1) is 12.2 Å². The largest absolute Gasteiger partial charge is 0.371 e. The Morgan fingerprint density at radius 2 is 1.80 bits per heavy atom. The van der Waals surface area contributed by atoms with Crippen molar-refractivity contribution in [1.29, 1.82) is 0 Å². The van der Waals surface area contributed by atoms with E-state index in [0.717, 1.165) is 17.0 Å². The summed E-state index contributed by atoms with van der Waals surface area (Å²) in [6.45, 7) is 4.05. The molecule has 0 N–H and O–H groups in total. The van der Waals surface area contributed by atoms with Gasteiger partial charge in [-0.1, -0.05) is 23.7 Å². The van der Waals surface area contributed by atoms with Crippen LogP contribution in [0.3, 0.4) is 0 Å². The van der Waals surface area contributed by atoms with E-state index in [1.165, 1.54) is 0 Å². The topological polar surface area (TPSA) is 9.23 Å². The molecular weight excluding hydrogens is 231 g/mol. The lowest BCUT2D eigenvalue weighted by molar-refractivity contribution is 0.00499. The van der Waals surface area contributed by atoms with Crippen LogP contribution >= 0.6 is 23.2 Å². The zero-order valence-corrected chi connectivity index (χ0v) is 10.6. The molecule has 0 saturated heterocycles. The van der Waals surface area contributed by atoms with Crippen LogP contribution in [-0.4, -0.2) is 12.0 Å². The van der Waals surface area contributed by atoms with E-state index in [1.807, 2.05) is 38.1 Å². The molecule has 0 aliphatic rings. The summed E-state index contributed by atoms with van der Waals surface area (Å²) in [5.41, 5.74) is 1.13. The van der Waals surface area contributed by atoms with Crippen LogP contribution < -0.4 is 0 Å². The first-order chi connectivity index (χ1) is 7.13. The van der Waals surface area contributed by atoms with E-state index in [2.05, 4.69) is 0 Å². The van der Waals surface area contributed by atoms with Gasteiger partial charge in [-0.05, 0) is 38.0 Å². The zero-order chi connectivity index (χ0) is 11.3. The molecule has 1 atom stereocenters. The third kappa shape index (κ3) is 4.42. The lowest BCUT2D eigenvalue weighted by Gasteiger charge is -2.20. The van der Waals surface area contributed by atoms with Crippen LogP contribution in [0.4, 0.5) is 0 Å². The molecule has 0 unspecified atom stereocenters. The molecule has 0 radical (unpaired) electrons. The van der Waals surface area contributed by atoms with Gasteiger partial charge in [-0.15, -0.1) is 11.6 Å². The summed E-state index contributed by atoms with van der Waals surface area (Å²) in [5, 5.41) is 0.743. The quantitative estimate of drug-likeness (QED) is 0.699. The fourth-order valence-electron chi connectivity index (χ4n) is 1.42. The number of halogens is 2. The van der Waals surface area contributed by atoms with E-state index in [-0.39, 0.29) is 12.2 Å². The lowest BCUT2D eigenvalue weighted by Crippen LogP contribution is -2.11. The van der Waals surface area contributed by atoms with Gasteiger partial charge in [0.2, 0.25) is 0 Å². The number of hydrogen-bond acceptors (Lipinski definition) is 1. The monoisotopic (exact) mass is 246 g/mol. The van der Waals surface area contributed by atoms with E-state index in [1.54, 1.807) is 0 Å². The normalized spacial score (nSPS) is 13.1. The highest BCUT2D eigenvalue weighted by molar-refractivity contribution is 6.30. The van der Waals surface area contributed by atoms with Crippen molar-refractivity contribution >= 4 is 23.2 Å². The van der Waals surface area contributed by atoms with E-state index in [9.17, 15) is 0 Å². The average Bonchev–Trinajstić information content (AvgIpc) is 2.17. The Morgan fingerprint density at radius 1 is 1.20 bits per heavy atom.